The number of aromatic nitrogens is 1. The summed E-state index contributed by atoms with van der Waals surface area (Å²) in [6.07, 6.45) is 2.01. The zero-order valence-corrected chi connectivity index (χ0v) is 18.3. The fourth-order valence-corrected chi connectivity index (χ4v) is 4.53. The molecule has 168 valence electrons. The van der Waals surface area contributed by atoms with Gasteiger partial charge in [0.15, 0.2) is 0 Å². The van der Waals surface area contributed by atoms with Crippen molar-refractivity contribution in [1.29, 1.82) is 0 Å². The second-order valence-corrected chi connectivity index (χ2v) is 8.37. The first-order valence-corrected chi connectivity index (χ1v) is 10.7. The summed E-state index contributed by atoms with van der Waals surface area (Å²) in [5.74, 6) is -0.985. The Kier molecular flexibility index (Phi) is 6.53. The van der Waals surface area contributed by atoms with Gasteiger partial charge in [-0.3, -0.25) is 19.7 Å². The largest absolute Gasteiger partial charge is 0.473 e. The first kappa shape index (κ1) is 22.0. The lowest BCUT2D eigenvalue weighted by Gasteiger charge is -2.41. The number of likely N-dealkylation sites (N-methyl/N-ethyl adjacent to an activating group) is 1. The van der Waals surface area contributed by atoms with Gasteiger partial charge in [-0.2, -0.15) is 0 Å². The van der Waals surface area contributed by atoms with Crippen molar-refractivity contribution in [3.8, 4) is 5.88 Å². The summed E-state index contributed by atoms with van der Waals surface area (Å²) in [5, 5.41) is 9.33. The van der Waals surface area contributed by atoms with Crippen LogP contribution in [0, 0.1) is 12.8 Å². The molecule has 0 radical (unpaired) electrons. The van der Waals surface area contributed by atoms with Crippen LogP contribution in [0.2, 0.25) is 0 Å². The molecule has 4 rings (SSSR count). The molecule has 3 unspecified atom stereocenters. The van der Waals surface area contributed by atoms with E-state index >= 15 is 0 Å². The molecule has 0 saturated carbocycles. The van der Waals surface area contributed by atoms with Gasteiger partial charge in [-0.05, 0) is 37.6 Å². The van der Waals surface area contributed by atoms with E-state index in [4.69, 9.17) is 4.74 Å². The molecule has 1 aromatic heterocycles. The van der Waals surface area contributed by atoms with Crippen molar-refractivity contribution in [3.63, 3.8) is 0 Å². The zero-order chi connectivity index (χ0) is 22.7. The van der Waals surface area contributed by atoms with Crippen LogP contribution in [0.25, 0.3) is 5.57 Å². The molecule has 0 aliphatic carbocycles. The molecule has 2 N–H and O–H groups in total. The molecular weight excluding hydrogens is 408 g/mol. The smallest absolute Gasteiger partial charge is 0.248 e. The number of carbonyl (C=O) groups excluding carboxylic acids is 2. The monoisotopic (exact) mass is 436 g/mol. The van der Waals surface area contributed by atoms with Gasteiger partial charge >= 0.3 is 0 Å². The highest BCUT2D eigenvalue weighted by atomic mass is 16.5. The Morgan fingerprint density at radius 2 is 1.94 bits per heavy atom. The van der Waals surface area contributed by atoms with Gasteiger partial charge in [0.25, 0.3) is 0 Å². The Bertz CT molecular complexity index is 1010. The van der Waals surface area contributed by atoms with E-state index in [2.05, 4.69) is 4.98 Å². The molecule has 2 aliphatic rings. The molecule has 2 amide bonds. The van der Waals surface area contributed by atoms with Gasteiger partial charge in [-0.25, -0.2) is 10.5 Å². The van der Waals surface area contributed by atoms with Crippen molar-refractivity contribution in [2.24, 2.45) is 5.92 Å². The summed E-state index contributed by atoms with van der Waals surface area (Å²) in [7, 11) is 1.81. The van der Waals surface area contributed by atoms with Crippen LogP contribution in [-0.4, -0.2) is 70.6 Å². The Morgan fingerprint density at radius 3 is 2.66 bits per heavy atom. The van der Waals surface area contributed by atoms with Gasteiger partial charge in [0.2, 0.25) is 17.7 Å². The first-order chi connectivity index (χ1) is 15.5. The van der Waals surface area contributed by atoms with Crippen molar-refractivity contribution < 1.29 is 19.5 Å². The van der Waals surface area contributed by atoms with E-state index in [0.29, 0.717) is 31.9 Å². The molecule has 1 saturated heterocycles. The van der Waals surface area contributed by atoms with E-state index in [-0.39, 0.29) is 12.0 Å². The number of nitrogens with one attached hydrogen (secondary N) is 1. The fourth-order valence-electron chi connectivity index (χ4n) is 4.53. The van der Waals surface area contributed by atoms with Crippen LogP contribution >= 0.6 is 0 Å². The van der Waals surface area contributed by atoms with Gasteiger partial charge in [0.1, 0.15) is 12.1 Å². The van der Waals surface area contributed by atoms with Crippen LogP contribution in [0.4, 0.5) is 0 Å². The number of rotatable bonds is 5. The third-order valence-electron chi connectivity index (χ3n) is 6.09. The summed E-state index contributed by atoms with van der Waals surface area (Å²) in [4.78, 5) is 34.0. The maximum Gasteiger partial charge on any atom is 0.248 e. The number of carbonyl (C=O) groups is 2. The Morgan fingerprint density at radius 1 is 1.16 bits per heavy atom. The average Bonchev–Trinajstić information content (AvgIpc) is 3.29. The first-order valence-electron chi connectivity index (χ1n) is 10.7. The summed E-state index contributed by atoms with van der Waals surface area (Å²) < 4.78 is 6.01. The van der Waals surface area contributed by atoms with E-state index in [1.54, 1.807) is 23.5 Å². The van der Waals surface area contributed by atoms with Gasteiger partial charge in [-0.1, -0.05) is 42.5 Å². The number of hydrogen-bond donors (Lipinski definition) is 2. The molecule has 3 atom stereocenters. The lowest BCUT2D eigenvalue weighted by molar-refractivity contribution is -0.150. The van der Waals surface area contributed by atoms with E-state index in [9.17, 15) is 14.8 Å². The lowest BCUT2D eigenvalue weighted by atomic mass is 9.86. The van der Waals surface area contributed by atoms with E-state index in [1.807, 2.05) is 60.4 Å². The molecular formula is C24H28N4O4. The molecule has 1 fully saturated rings. The zero-order valence-electron chi connectivity index (χ0n) is 18.3. The predicted molar refractivity (Wildman–Crippen MR) is 119 cm³/mol. The highest BCUT2D eigenvalue weighted by Crippen LogP contribution is 2.29. The Labute approximate surface area is 187 Å². The minimum atomic E-state index is -0.748. The van der Waals surface area contributed by atoms with Crippen molar-refractivity contribution in [3.05, 3.63) is 65.9 Å². The van der Waals surface area contributed by atoms with Crippen LogP contribution in [0.5, 0.6) is 5.88 Å². The van der Waals surface area contributed by atoms with E-state index in [1.165, 1.54) is 0 Å². The number of hydrogen-bond acceptors (Lipinski definition) is 6. The molecule has 32 heavy (non-hydrogen) atoms. The van der Waals surface area contributed by atoms with E-state index < -0.39 is 17.9 Å². The Balaban J connectivity index is 1.48. The predicted octanol–water partition coefficient (Wildman–Crippen LogP) is 1.89. The molecule has 2 aromatic rings. The van der Waals surface area contributed by atoms with Gasteiger partial charge in [-0.15, -0.1) is 0 Å². The number of benzene rings is 1. The number of hydroxylamine groups is 1. The number of nitrogens with zero attached hydrogens (tertiary/aromatic N) is 3. The SMILES string of the molecule is Cc1cccc(OC2CC(C(=O)NO)C(C(=O)N3CC=C(c4ccccc4)C3)N(C)C2)n1. The average molecular weight is 437 g/mol. The molecule has 1 aromatic carbocycles. The second kappa shape index (κ2) is 9.50. The minimum absolute atomic E-state index is 0.129. The summed E-state index contributed by atoms with van der Waals surface area (Å²) in [6.45, 7) is 3.33. The Hall–Kier alpha value is -3.23. The van der Waals surface area contributed by atoms with Crippen LogP contribution in [0.15, 0.2) is 54.6 Å². The van der Waals surface area contributed by atoms with Crippen LogP contribution in [-0.2, 0) is 9.59 Å². The number of likely N-dealkylation sites (tertiary alicyclic amines) is 1. The number of ether oxygens (including phenoxy) is 1. The van der Waals surface area contributed by atoms with Gasteiger partial charge in [0.05, 0.1) is 5.92 Å². The third-order valence-corrected chi connectivity index (χ3v) is 6.09. The third kappa shape index (κ3) is 4.66. The van der Waals surface area contributed by atoms with Crippen molar-refractivity contribution in [2.75, 3.05) is 26.7 Å². The quantitative estimate of drug-likeness (QED) is 0.549. The summed E-state index contributed by atoms with van der Waals surface area (Å²) in [6, 6.07) is 14.8. The molecule has 3 heterocycles. The van der Waals surface area contributed by atoms with Crippen LogP contribution in [0.3, 0.4) is 0 Å². The molecule has 0 bridgehead atoms. The number of aryl methyl sites for hydroxylation is 1. The number of piperidine rings is 1. The number of pyridine rings is 1. The summed E-state index contributed by atoms with van der Waals surface area (Å²) in [5.41, 5.74) is 4.75. The highest BCUT2D eigenvalue weighted by Gasteiger charge is 2.45. The second-order valence-electron chi connectivity index (χ2n) is 8.37. The molecule has 8 nitrogen and oxygen atoms in total. The maximum absolute atomic E-state index is 13.5. The van der Waals surface area contributed by atoms with Crippen molar-refractivity contribution in [1.82, 2.24) is 20.3 Å². The molecule has 2 aliphatic heterocycles. The summed E-state index contributed by atoms with van der Waals surface area (Å²) >= 11 is 0. The van der Waals surface area contributed by atoms with E-state index in [0.717, 1.165) is 16.8 Å². The van der Waals surface area contributed by atoms with Gasteiger partial charge < -0.3 is 9.64 Å². The van der Waals surface area contributed by atoms with Crippen LogP contribution in [0.1, 0.15) is 17.7 Å². The lowest BCUT2D eigenvalue weighted by Crippen LogP contribution is -2.60. The standard InChI is InChI=1S/C24H28N4O4/c1-16-7-6-10-21(25-16)32-19-13-20(23(29)26-31)22(27(2)15-19)24(30)28-12-11-18(14-28)17-8-4-3-5-9-17/h3-11,19-20,22,31H,12-15H2,1-2H3,(H,26,29). The van der Waals surface area contributed by atoms with Crippen LogP contribution < -0.4 is 10.2 Å². The van der Waals surface area contributed by atoms with Gasteiger partial charge in [0, 0.05) is 31.4 Å². The molecule has 8 heteroatoms. The number of amides is 2. The fraction of sp³-hybridized carbons (Fsp3) is 0.375. The topological polar surface area (TPSA) is 95.0 Å². The molecule has 0 spiro atoms. The maximum atomic E-state index is 13.5. The van der Waals surface area contributed by atoms with Crippen molar-refractivity contribution in [2.45, 2.75) is 25.5 Å². The normalized spacial score (nSPS) is 23.5. The minimum Gasteiger partial charge on any atom is -0.473 e. The van der Waals surface area contributed by atoms with Crippen molar-refractivity contribution >= 4 is 17.4 Å². The highest BCUT2D eigenvalue weighted by molar-refractivity contribution is 5.91.